The standard InChI is InChI=1S/C21H23IN2O/c22-16-6-2-7-17(14-16)25-13-3-5-15-4-1-8-20-21(15)18-9-11-23-12-10-19(18)24-20/h1-2,4,6-8,14,23-24H,3,5,9-13H2. The van der Waals surface area contributed by atoms with E-state index >= 15 is 0 Å². The van der Waals surface area contributed by atoms with Crippen molar-refractivity contribution in [3.8, 4) is 5.75 Å². The molecule has 2 heterocycles. The Morgan fingerprint density at radius 1 is 1.04 bits per heavy atom. The first-order valence-corrected chi connectivity index (χ1v) is 10.1. The molecule has 0 saturated heterocycles. The number of halogens is 1. The van der Waals surface area contributed by atoms with Crippen LogP contribution in [0.25, 0.3) is 10.9 Å². The molecular formula is C21H23IN2O. The quantitative estimate of drug-likeness (QED) is 0.448. The summed E-state index contributed by atoms with van der Waals surface area (Å²) in [5.41, 5.74) is 5.68. The smallest absolute Gasteiger partial charge is 0.120 e. The van der Waals surface area contributed by atoms with Crippen molar-refractivity contribution in [2.75, 3.05) is 19.7 Å². The van der Waals surface area contributed by atoms with Gasteiger partial charge in [-0.1, -0.05) is 18.2 Å². The first-order valence-electron chi connectivity index (χ1n) is 9.01. The molecule has 0 radical (unpaired) electrons. The molecule has 0 saturated carbocycles. The first-order chi connectivity index (χ1) is 12.3. The van der Waals surface area contributed by atoms with Crippen LogP contribution < -0.4 is 10.1 Å². The van der Waals surface area contributed by atoms with Crippen molar-refractivity contribution in [3.05, 3.63) is 62.9 Å². The maximum absolute atomic E-state index is 5.91. The van der Waals surface area contributed by atoms with Crippen LogP contribution in [0.4, 0.5) is 0 Å². The summed E-state index contributed by atoms with van der Waals surface area (Å²) in [7, 11) is 0. The lowest BCUT2D eigenvalue weighted by Gasteiger charge is -2.09. The van der Waals surface area contributed by atoms with Crippen LogP contribution in [-0.4, -0.2) is 24.7 Å². The number of ether oxygens (including phenoxy) is 1. The van der Waals surface area contributed by atoms with E-state index < -0.39 is 0 Å². The molecule has 0 atom stereocenters. The van der Waals surface area contributed by atoms with Gasteiger partial charge in [-0.15, -0.1) is 0 Å². The molecule has 1 aliphatic heterocycles. The summed E-state index contributed by atoms with van der Waals surface area (Å²) in [6.45, 7) is 2.90. The van der Waals surface area contributed by atoms with Crippen molar-refractivity contribution >= 4 is 33.5 Å². The van der Waals surface area contributed by atoms with Crippen LogP contribution >= 0.6 is 22.6 Å². The fourth-order valence-corrected chi connectivity index (χ4v) is 4.22. The normalized spacial score (nSPS) is 14.3. The molecular weight excluding hydrogens is 423 g/mol. The molecule has 4 rings (SSSR count). The van der Waals surface area contributed by atoms with E-state index in [1.54, 1.807) is 0 Å². The number of aromatic amines is 1. The van der Waals surface area contributed by atoms with E-state index in [0.29, 0.717) is 0 Å². The summed E-state index contributed by atoms with van der Waals surface area (Å²) >= 11 is 2.32. The van der Waals surface area contributed by atoms with Gasteiger partial charge in [0.25, 0.3) is 0 Å². The molecule has 0 unspecified atom stereocenters. The van der Waals surface area contributed by atoms with Gasteiger partial charge >= 0.3 is 0 Å². The molecule has 0 bridgehead atoms. The topological polar surface area (TPSA) is 37.0 Å². The predicted molar refractivity (Wildman–Crippen MR) is 112 cm³/mol. The molecule has 0 spiro atoms. The zero-order valence-electron chi connectivity index (χ0n) is 14.3. The molecule has 130 valence electrons. The summed E-state index contributed by atoms with van der Waals surface area (Å²) in [5, 5.41) is 4.95. The highest BCUT2D eigenvalue weighted by Crippen LogP contribution is 2.28. The van der Waals surface area contributed by atoms with Crippen molar-refractivity contribution in [3.63, 3.8) is 0 Å². The second-order valence-electron chi connectivity index (χ2n) is 6.58. The SMILES string of the molecule is Ic1cccc(OCCCc2cccc3[nH]c4c(c23)CCNCC4)c1. The third-order valence-corrected chi connectivity index (χ3v) is 5.53. The minimum absolute atomic E-state index is 0.755. The van der Waals surface area contributed by atoms with Gasteiger partial charge in [-0.05, 0) is 83.8 Å². The van der Waals surface area contributed by atoms with Gasteiger partial charge in [0.15, 0.2) is 0 Å². The van der Waals surface area contributed by atoms with E-state index in [0.717, 1.165) is 51.1 Å². The average Bonchev–Trinajstić information content (AvgIpc) is 2.81. The lowest BCUT2D eigenvalue weighted by atomic mass is 9.99. The van der Waals surface area contributed by atoms with E-state index in [2.05, 4.69) is 63.2 Å². The van der Waals surface area contributed by atoms with Crippen molar-refractivity contribution in [1.82, 2.24) is 10.3 Å². The number of hydrogen-bond acceptors (Lipinski definition) is 2. The summed E-state index contributed by atoms with van der Waals surface area (Å²) in [5.74, 6) is 0.965. The van der Waals surface area contributed by atoms with Gasteiger partial charge < -0.3 is 15.0 Å². The zero-order chi connectivity index (χ0) is 17.1. The van der Waals surface area contributed by atoms with Gasteiger partial charge in [-0.2, -0.15) is 0 Å². The number of rotatable bonds is 5. The Labute approximate surface area is 162 Å². The van der Waals surface area contributed by atoms with Crippen LogP contribution in [-0.2, 0) is 19.3 Å². The number of aromatic nitrogens is 1. The predicted octanol–water partition coefficient (Wildman–Crippen LogP) is 4.47. The summed E-state index contributed by atoms with van der Waals surface area (Å²) < 4.78 is 7.12. The van der Waals surface area contributed by atoms with E-state index in [9.17, 15) is 0 Å². The van der Waals surface area contributed by atoms with Crippen molar-refractivity contribution in [2.24, 2.45) is 0 Å². The second-order valence-corrected chi connectivity index (χ2v) is 7.83. The fraction of sp³-hybridized carbons (Fsp3) is 0.333. The number of fused-ring (bicyclic) bond motifs is 3. The molecule has 2 N–H and O–H groups in total. The summed E-state index contributed by atoms with van der Waals surface area (Å²) in [6.07, 6.45) is 4.30. The Morgan fingerprint density at radius 3 is 2.84 bits per heavy atom. The molecule has 3 nitrogen and oxygen atoms in total. The molecule has 25 heavy (non-hydrogen) atoms. The van der Waals surface area contributed by atoms with Crippen molar-refractivity contribution in [1.29, 1.82) is 0 Å². The third kappa shape index (κ3) is 3.85. The third-order valence-electron chi connectivity index (χ3n) is 4.86. The molecule has 3 aromatic rings. The highest BCUT2D eigenvalue weighted by molar-refractivity contribution is 14.1. The van der Waals surface area contributed by atoms with Crippen molar-refractivity contribution < 1.29 is 4.74 Å². The van der Waals surface area contributed by atoms with Gasteiger partial charge in [0, 0.05) is 33.1 Å². The first kappa shape index (κ1) is 16.9. The van der Waals surface area contributed by atoms with Crippen LogP contribution in [0.1, 0.15) is 23.2 Å². The number of aryl methyl sites for hydroxylation is 1. The minimum atomic E-state index is 0.755. The van der Waals surface area contributed by atoms with Gasteiger partial charge in [-0.3, -0.25) is 0 Å². The number of benzene rings is 2. The van der Waals surface area contributed by atoms with E-state index in [1.807, 2.05) is 12.1 Å². The molecule has 0 amide bonds. The van der Waals surface area contributed by atoms with Crippen molar-refractivity contribution in [2.45, 2.75) is 25.7 Å². The van der Waals surface area contributed by atoms with E-state index in [-0.39, 0.29) is 0 Å². The van der Waals surface area contributed by atoms with Gasteiger partial charge in [-0.25, -0.2) is 0 Å². The zero-order valence-corrected chi connectivity index (χ0v) is 16.4. The van der Waals surface area contributed by atoms with Crippen LogP contribution in [0.2, 0.25) is 0 Å². The van der Waals surface area contributed by atoms with Crippen LogP contribution in [0, 0.1) is 3.57 Å². The number of hydrogen-bond donors (Lipinski definition) is 2. The maximum atomic E-state index is 5.91. The number of H-pyrrole nitrogens is 1. The fourth-order valence-electron chi connectivity index (χ4n) is 3.71. The van der Waals surface area contributed by atoms with Gasteiger partial charge in [0.1, 0.15) is 5.75 Å². The number of nitrogens with one attached hydrogen (secondary N) is 2. The Morgan fingerprint density at radius 2 is 1.92 bits per heavy atom. The Bertz CT molecular complexity index is 871. The Kier molecular flexibility index (Phi) is 5.27. The highest BCUT2D eigenvalue weighted by atomic mass is 127. The molecule has 1 aromatic heterocycles. The molecule has 2 aromatic carbocycles. The second kappa shape index (κ2) is 7.79. The monoisotopic (exact) mass is 446 g/mol. The molecule has 0 fully saturated rings. The van der Waals surface area contributed by atoms with Gasteiger partial charge in [0.05, 0.1) is 6.61 Å². The highest BCUT2D eigenvalue weighted by Gasteiger charge is 2.16. The van der Waals surface area contributed by atoms with Crippen LogP contribution in [0.15, 0.2) is 42.5 Å². The van der Waals surface area contributed by atoms with E-state index in [1.165, 1.54) is 31.3 Å². The maximum Gasteiger partial charge on any atom is 0.120 e. The minimum Gasteiger partial charge on any atom is -0.494 e. The molecule has 4 heteroatoms. The van der Waals surface area contributed by atoms with Crippen LogP contribution in [0.3, 0.4) is 0 Å². The average molecular weight is 446 g/mol. The lowest BCUT2D eigenvalue weighted by Crippen LogP contribution is -2.16. The largest absolute Gasteiger partial charge is 0.494 e. The molecule has 0 aliphatic carbocycles. The Balaban J connectivity index is 1.47. The lowest BCUT2D eigenvalue weighted by molar-refractivity contribution is 0.311. The molecule has 1 aliphatic rings. The van der Waals surface area contributed by atoms with Crippen LogP contribution in [0.5, 0.6) is 5.75 Å². The summed E-state index contributed by atoms with van der Waals surface area (Å²) in [6, 6.07) is 14.9. The van der Waals surface area contributed by atoms with Gasteiger partial charge in [0.2, 0.25) is 0 Å². The Hall–Kier alpha value is -1.53. The summed E-state index contributed by atoms with van der Waals surface area (Å²) in [4.78, 5) is 3.65. The van der Waals surface area contributed by atoms with E-state index in [4.69, 9.17) is 4.74 Å².